The number of carbonyl (C=O) groups excluding carboxylic acids is 1. The topological polar surface area (TPSA) is 41.6 Å². The normalized spacial score (nSPS) is 15.8. The Morgan fingerprint density at radius 1 is 1.40 bits per heavy atom. The first-order chi connectivity index (χ1) is 9.79. The Labute approximate surface area is 120 Å². The van der Waals surface area contributed by atoms with Crippen molar-refractivity contribution in [2.75, 3.05) is 24.7 Å². The number of benzene rings is 1. The first kappa shape index (κ1) is 13.3. The Bertz CT molecular complexity index is 513. The minimum Gasteiger partial charge on any atom is -0.471 e. The fourth-order valence-electron chi connectivity index (χ4n) is 3.12. The number of ether oxygens (including phenoxy) is 1. The largest absolute Gasteiger partial charge is 0.471 e. The van der Waals surface area contributed by atoms with Crippen LogP contribution in [-0.4, -0.2) is 25.7 Å². The van der Waals surface area contributed by atoms with Crippen molar-refractivity contribution < 1.29 is 9.53 Å². The first-order valence-electron chi connectivity index (χ1n) is 7.58. The van der Waals surface area contributed by atoms with Crippen LogP contribution < -0.4 is 15.0 Å². The molecule has 2 aliphatic rings. The molecule has 4 heteroatoms. The molecular weight excluding hydrogens is 252 g/mol. The molecule has 1 aromatic carbocycles. The summed E-state index contributed by atoms with van der Waals surface area (Å²) in [7, 11) is 0. The second-order valence-corrected chi connectivity index (χ2v) is 5.54. The molecule has 1 N–H and O–H groups in total. The number of nitrogens with zero attached hydrogens (tertiary/aromatic N) is 1. The van der Waals surface area contributed by atoms with Gasteiger partial charge in [0.15, 0.2) is 6.73 Å². The zero-order valence-electron chi connectivity index (χ0n) is 12.1. The first-order valence-corrected chi connectivity index (χ1v) is 7.58. The number of nitrogens with one attached hydrogen (secondary N) is 1. The van der Waals surface area contributed by atoms with Crippen LogP contribution in [0.1, 0.15) is 37.3 Å². The molecule has 0 fully saturated rings. The van der Waals surface area contributed by atoms with Gasteiger partial charge >= 0.3 is 0 Å². The average molecular weight is 274 g/mol. The standard InChI is InChI=1S/C16H22N2O2/c1-2-4-15(19)17-9-10-18-11-20-14-8-7-12-5-3-6-13(12)16(14)18/h7-8H,2-6,9-11H2,1H3,(H,17,19). The van der Waals surface area contributed by atoms with Crippen molar-refractivity contribution in [2.45, 2.75) is 39.0 Å². The van der Waals surface area contributed by atoms with E-state index < -0.39 is 0 Å². The molecule has 0 spiro atoms. The van der Waals surface area contributed by atoms with Crippen LogP contribution in [0.5, 0.6) is 5.75 Å². The molecule has 4 nitrogen and oxygen atoms in total. The molecule has 20 heavy (non-hydrogen) atoms. The van der Waals surface area contributed by atoms with E-state index in [1.165, 1.54) is 29.7 Å². The molecule has 0 saturated heterocycles. The second kappa shape index (κ2) is 5.73. The molecule has 0 radical (unpaired) electrons. The Hall–Kier alpha value is -1.71. The molecule has 0 unspecified atom stereocenters. The highest BCUT2D eigenvalue weighted by molar-refractivity contribution is 5.76. The maximum Gasteiger partial charge on any atom is 0.220 e. The molecule has 1 heterocycles. The Balaban J connectivity index is 1.64. The summed E-state index contributed by atoms with van der Waals surface area (Å²) in [6.07, 6.45) is 5.09. The van der Waals surface area contributed by atoms with Crippen molar-refractivity contribution >= 4 is 11.6 Å². The molecule has 3 rings (SSSR count). The van der Waals surface area contributed by atoms with E-state index in [0.29, 0.717) is 19.7 Å². The van der Waals surface area contributed by atoms with E-state index in [0.717, 1.165) is 25.1 Å². The van der Waals surface area contributed by atoms with Crippen molar-refractivity contribution in [1.82, 2.24) is 5.32 Å². The zero-order valence-corrected chi connectivity index (χ0v) is 12.1. The highest BCUT2D eigenvalue weighted by Crippen LogP contribution is 2.42. The second-order valence-electron chi connectivity index (χ2n) is 5.54. The van der Waals surface area contributed by atoms with E-state index >= 15 is 0 Å². The number of carbonyl (C=O) groups is 1. The number of hydrogen-bond acceptors (Lipinski definition) is 3. The molecule has 0 saturated carbocycles. The van der Waals surface area contributed by atoms with Gasteiger partial charge in [-0.05, 0) is 42.9 Å². The summed E-state index contributed by atoms with van der Waals surface area (Å²) in [5.74, 6) is 1.15. The van der Waals surface area contributed by atoms with Crippen molar-refractivity contribution in [1.29, 1.82) is 0 Å². The maximum absolute atomic E-state index is 11.5. The smallest absolute Gasteiger partial charge is 0.220 e. The third-order valence-electron chi connectivity index (χ3n) is 4.09. The number of anilines is 1. The lowest BCUT2D eigenvalue weighted by Gasteiger charge is -2.19. The summed E-state index contributed by atoms with van der Waals surface area (Å²) in [5, 5.41) is 2.97. The van der Waals surface area contributed by atoms with Gasteiger partial charge in [0.05, 0.1) is 5.69 Å². The highest BCUT2D eigenvalue weighted by atomic mass is 16.5. The molecule has 1 aliphatic carbocycles. The quantitative estimate of drug-likeness (QED) is 0.895. The fraction of sp³-hybridized carbons (Fsp3) is 0.562. The highest BCUT2D eigenvalue weighted by Gasteiger charge is 2.27. The Kier molecular flexibility index (Phi) is 3.81. The molecule has 1 aliphatic heterocycles. The van der Waals surface area contributed by atoms with Gasteiger partial charge in [-0.2, -0.15) is 0 Å². The van der Waals surface area contributed by atoms with Crippen LogP contribution in [0.3, 0.4) is 0 Å². The maximum atomic E-state index is 11.5. The summed E-state index contributed by atoms with van der Waals surface area (Å²) < 4.78 is 5.75. The lowest BCUT2D eigenvalue weighted by atomic mass is 10.1. The lowest BCUT2D eigenvalue weighted by Crippen LogP contribution is -2.34. The number of rotatable bonds is 5. The van der Waals surface area contributed by atoms with Gasteiger partial charge in [-0.1, -0.05) is 13.0 Å². The van der Waals surface area contributed by atoms with Gasteiger partial charge in [0.1, 0.15) is 5.75 Å². The third-order valence-corrected chi connectivity index (χ3v) is 4.09. The summed E-state index contributed by atoms with van der Waals surface area (Å²) in [5.41, 5.74) is 4.19. The molecule has 0 aromatic heterocycles. The van der Waals surface area contributed by atoms with Gasteiger partial charge in [0.25, 0.3) is 0 Å². The number of fused-ring (bicyclic) bond motifs is 3. The molecule has 0 atom stereocenters. The van der Waals surface area contributed by atoms with Gasteiger partial charge in [-0.25, -0.2) is 0 Å². The predicted octanol–water partition coefficient (Wildman–Crippen LogP) is 2.25. The van der Waals surface area contributed by atoms with Crippen molar-refractivity contribution in [2.24, 2.45) is 0 Å². The lowest BCUT2D eigenvalue weighted by molar-refractivity contribution is -0.121. The summed E-state index contributed by atoms with van der Waals surface area (Å²) >= 11 is 0. The molecule has 0 bridgehead atoms. The minimum absolute atomic E-state index is 0.145. The van der Waals surface area contributed by atoms with Crippen LogP contribution in [-0.2, 0) is 17.6 Å². The summed E-state index contributed by atoms with van der Waals surface area (Å²) in [6, 6.07) is 4.29. The average Bonchev–Trinajstić information content (AvgIpc) is 3.04. The van der Waals surface area contributed by atoms with Gasteiger partial charge in [-0.15, -0.1) is 0 Å². The summed E-state index contributed by atoms with van der Waals surface area (Å²) in [4.78, 5) is 13.7. The summed E-state index contributed by atoms with van der Waals surface area (Å²) in [6.45, 7) is 4.13. The van der Waals surface area contributed by atoms with Gasteiger partial charge in [-0.3, -0.25) is 4.79 Å². The molecule has 1 amide bonds. The van der Waals surface area contributed by atoms with Crippen molar-refractivity contribution in [3.63, 3.8) is 0 Å². The SMILES string of the molecule is CCCC(=O)NCCN1COc2ccc3c(c21)CCC3. The van der Waals surface area contributed by atoms with E-state index in [2.05, 4.69) is 22.3 Å². The van der Waals surface area contributed by atoms with Crippen LogP contribution in [0.15, 0.2) is 12.1 Å². The van der Waals surface area contributed by atoms with E-state index in [4.69, 9.17) is 4.74 Å². The Morgan fingerprint density at radius 2 is 2.30 bits per heavy atom. The molecule has 108 valence electrons. The van der Waals surface area contributed by atoms with E-state index in [9.17, 15) is 4.79 Å². The minimum atomic E-state index is 0.145. The zero-order chi connectivity index (χ0) is 13.9. The molecular formula is C16H22N2O2. The van der Waals surface area contributed by atoms with Crippen LogP contribution in [0.4, 0.5) is 5.69 Å². The monoisotopic (exact) mass is 274 g/mol. The van der Waals surface area contributed by atoms with Gasteiger partial charge < -0.3 is 15.0 Å². The van der Waals surface area contributed by atoms with Crippen LogP contribution >= 0.6 is 0 Å². The van der Waals surface area contributed by atoms with Crippen molar-refractivity contribution in [3.8, 4) is 5.75 Å². The van der Waals surface area contributed by atoms with Crippen molar-refractivity contribution in [3.05, 3.63) is 23.3 Å². The Morgan fingerprint density at radius 3 is 3.15 bits per heavy atom. The van der Waals surface area contributed by atoms with Gasteiger partial charge in [0, 0.05) is 19.5 Å². The van der Waals surface area contributed by atoms with Gasteiger partial charge in [0.2, 0.25) is 5.91 Å². The van der Waals surface area contributed by atoms with Crippen LogP contribution in [0, 0.1) is 0 Å². The van der Waals surface area contributed by atoms with Crippen LogP contribution in [0.2, 0.25) is 0 Å². The van der Waals surface area contributed by atoms with Crippen LogP contribution in [0.25, 0.3) is 0 Å². The van der Waals surface area contributed by atoms with E-state index in [1.54, 1.807) is 0 Å². The van der Waals surface area contributed by atoms with E-state index in [1.807, 2.05) is 6.92 Å². The third kappa shape index (κ3) is 2.47. The number of hydrogen-bond donors (Lipinski definition) is 1. The predicted molar refractivity (Wildman–Crippen MR) is 79.2 cm³/mol. The number of aryl methyl sites for hydroxylation is 1. The number of amides is 1. The molecule has 1 aromatic rings. The fourth-order valence-corrected chi connectivity index (χ4v) is 3.12. The van der Waals surface area contributed by atoms with E-state index in [-0.39, 0.29) is 5.91 Å².